The summed E-state index contributed by atoms with van der Waals surface area (Å²) in [6, 6.07) is 9.01. The summed E-state index contributed by atoms with van der Waals surface area (Å²) in [5.41, 5.74) is 3.53. The zero-order valence-corrected chi connectivity index (χ0v) is 18.6. The lowest BCUT2D eigenvalue weighted by molar-refractivity contribution is -0.157. The first-order chi connectivity index (χ1) is 15.4. The van der Waals surface area contributed by atoms with Crippen LogP contribution in [-0.4, -0.2) is 38.6 Å². The third kappa shape index (κ3) is 2.36. The molecular formula is C28H31NO3. The molecule has 0 amide bonds. The van der Waals surface area contributed by atoms with Crippen LogP contribution in [0.3, 0.4) is 0 Å². The number of aliphatic hydroxyl groups is 2. The molecule has 4 heteroatoms. The van der Waals surface area contributed by atoms with E-state index < -0.39 is 12.2 Å². The molecule has 1 aromatic heterocycles. The lowest BCUT2D eigenvalue weighted by atomic mass is 9.58. The summed E-state index contributed by atoms with van der Waals surface area (Å²) in [5.74, 6) is 0.985. The van der Waals surface area contributed by atoms with Crippen molar-refractivity contribution >= 4 is 10.8 Å². The van der Waals surface area contributed by atoms with Crippen LogP contribution in [0.5, 0.6) is 0 Å². The molecule has 4 nitrogen and oxygen atoms in total. The van der Waals surface area contributed by atoms with Crippen molar-refractivity contribution < 1.29 is 14.9 Å². The number of benzene rings is 1. The standard InChI is InChI=1S/C28H31NO3/c1-26-8-6-20-13-21-14-23(30)24(31)15-27(21)9-10-28(20,32-27)25(26)5-4-22(26)18-3-2-17-7-11-29-16-19(17)12-18/h2-3,6-7,11-13,16,22-25,30-31H,4-5,8-10,14-15H2,1H3/t22-,23+,24+,25-,26-,27-,28?/m1/s1. The highest BCUT2D eigenvalue weighted by molar-refractivity contribution is 5.82. The monoisotopic (exact) mass is 429 g/mol. The number of allylic oxidation sites excluding steroid dienone is 1. The summed E-state index contributed by atoms with van der Waals surface area (Å²) in [4.78, 5) is 4.34. The van der Waals surface area contributed by atoms with Gasteiger partial charge in [0.1, 0.15) is 0 Å². The molecule has 1 unspecified atom stereocenters. The molecule has 2 aliphatic heterocycles. The van der Waals surface area contributed by atoms with Gasteiger partial charge in [-0.15, -0.1) is 0 Å². The Bertz CT molecular complexity index is 1190. The number of hydrogen-bond donors (Lipinski definition) is 2. The molecule has 2 aromatic rings. The highest BCUT2D eigenvalue weighted by Gasteiger charge is 2.67. The second kappa shape index (κ2) is 6.31. The van der Waals surface area contributed by atoms with Crippen LogP contribution < -0.4 is 0 Å². The van der Waals surface area contributed by atoms with Crippen molar-refractivity contribution in [2.45, 2.75) is 81.2 Å². The summed E-state index contributed by atoms with van der Waals surface area (Å²) in [6.07, 6.45) is 13.7. The number of rotatable bonds is 1. The maximum Gasteiger partial charge on any atom is 0.0974 e. The van der Waals surface area contributed by atoms with Crippen LogP contribution in [0.1, 0.15) is 63.4 Å². The minimum atomic E-state index is -0.690. The van der Waals surface area contributed by atoms with Gasteiger partial charge >= 0.3 is 0 Å². The first-order valence-electron chi connectivity index (χ1n) is 12.3. The topological polar surface area (TPSA) is 62.6 Å². The van der Waals surface area contributed by atoms with Crippen molar-refractivity contribution in [2.75, 3.05) is 0 Å². The quantitative estimate of drug-likeness (QED) is 0.683. The van der Waals surface area contributed by atoms with Gasteiger partial charge < -0.3 is 14.9 Å². The number of pyridine rings is 1. The van der Waals surface area contributed by atoms with Gasteiger partial charge in [-0.05, 0) is 90.0 Å². The third-order valence-electron chi connectivity index (χ3n) is 9.82. The molecular weight excluding hydrogens is 398 g/mol. The average molecular weight is 430 g/mol. The molecule has 3 aliphatic carbocycles. The molecule has 32 heavy (non-hydrogen) atoms. The van der Waals surface area contributed by atoms with Crippen LogP contribution in [0.25, 0.3) is 10.8 Å². The minimum Gasteiger partial charge on any atom is -0.390 e. The van der Waals surface area contributed by atoms with E-state index in [0.717, 1.165) is 19.3 Å². The zero-order valence-electron chi connectivity index (χ0n) is 18.6. The Labute approximate surface area is 189 Å². The van der Waals surface area contributed by atoms with Gasteiger partial charge in [0.15, 0.2) is 0 Å². The summed E-state index contributed by atoms with van der Waals surface area (Å²) >= 11 is 0. The lowest BCUT2D eigenvalue weighted by Gasteiger charge is -2.54. The number of ether oxygens (including phenoxy) is 1. The normalized spacial score (nSPS) is 44.5. The van der Waals surface area contributed by atoms with E-state index in [2.05, 4.69) is 48.3 Å². The molecule has 1 aromatic carbocycles. The van der Waals surface area contributed by atoms with Crippen LogP contribution in [0, 0.1) is 11.3 Å². The molecule has 2 saturated carbocycles. The molecule has 2 bridgehead atoms. The highest BCUT2D eigenvalue weighted by Crippen LogP contribution is 2.69. The van der Waals surface area contributed by atoms with Gasteiger partial charge in [-0.1, -0.05) is 31.2 Å². The Morgan fingerprint density at radius 3 is 2.88 bits per heavy atom. The Hall–Kier alpha value is -2.01. The molecule has 3 fully saturated rings. The Morgan fingerprint density at radius 1 is 1.06 bits per heavy atom. The van der Waals surface area contributed by atoms with Crippen LogP contribution in [0.4, 0.5) is 0 Å². The number of nitrogens with zero attached hydrogens (tertiary/aromatic N) is 1. The fraction of sp³-hybridized carbons (Fsp3) is 0.536. The number of aliphatic hydroxyl groups excluding tert-OH is 2. The van der Waals surface area contributed by atoms with Crippen molar-refractivity contribution in [3.8, 4) is 0 Å². The molecule has 5 aliphatic rings. The van der Waals surface area contributed by atoms with E-state index >= 15 is 0 Å². The SMILES string of the molecule is C[C@]12CC=C3C=C4C[C@H](O)[C@@H](O)C[C@]45CCC3(O5)[C@@H]1CC[C@@H]2c1ccc2ccncc2c1. The van der Waals surface area contributed by atoms with Gasteiger partial charge in [-0.2, -0.15) is 0 Å². The summed E-state index contributed by atoms with van der Waals surface area (Å²) in [7, 11) is 0. The Kier molecular flexibility index (Phi) is 3.84. The highest BCUT2D eigenvalue weighted by atomic mass is 16.5. The van der Waals surface area contributed by atoms with Crippen molar-refractivity contribution in [3.63, 3.8) is 0 Å². The molecule has 7 atom stereocenters. The van der Waals surface area contributed by atoms with E-state index in [1.54, 1.807) is 0 Å². The molecule has 3 heterocycles. The molecule has 2 N–H and O–H groups in total. The van der Waals surface area contributed by atoms with Crippen LogP contribution in [0.2, 0.25) is 0 Å². The predicted molar refractivity (Wildman–Crippen MR) is 123 cm³/mol. The minimum absolute atomic E-state index is 0.156. The third-order valence-corrected chi connectivity index (χ3v) is 9.82. The smallest absolute Gasteiger partial charge is 0.0974 e. The van der Waals surface area contributed by atoms with E-state index in [1.165, 1.54) is 40.3 Å². The Morgan fingerprint density at radius 2 is 1.97 bits per heavy atom. The molecule has 1 saturated heterocycles. The van der Waals surface area contributed by atoms with E-state index in [1.807, 2.05) is 12.4 Å². The van der Waals surface area contributed by atoms with Crippen molar-refractivity contribution in [3.05, 3.63) is 65.5 Å². The van der Waals surface area contributed by atoms with Gasteiger partial charge in [0.2, 0.25) is 0 Å². The van der Waals surface area contributed by atoms with Crippen LogP contribution in [-0.2, 0) is 4.74 Å². The van der Waals surface area contributed by atoms with E-state index in [-0.39, 0.29) is 16.6 Å². The predicted octanol–water partition coefficient (Wildman–Crippen LogP) is 4.81. The first kappa shape index (κ1) is 19.5. The van der Waals surface area contributed by atoms with Gasteiger partial charge in [0, 0.05) is 24.2 Å². The van der Waals surface area contributed by atoms with E-state index in [9.17, 15) is 10.2 Å². The van der Waals surface area contributed by atoms with E-state index in [0.29, 0.717) is 24.7 Å². The molecule has 0 radical (unpaired) electrons. The van der Waals surface area contributed by atoms with E-state index in [4.69, 9.17) is 4.74 Å². The second-order valence-electron chi connectivity index (χ2n) is 11.2. The van der Waals surface area contributed by atoms with Crippen molar-refractivity contribution in [1.29, 1.82) is 0 Å². The molecule has 2 spiro atoms. The summed E-state index contributed by atoms with van der Waals surface area (Å²) in [6.45, 7) is 2.48. The average Bonchev–Trinajstić information content (AvgIpc) is 3.31. The molecule has 7 rings (SSSR count). The zero-order chi connectivity index (χ0) is 21.7. The Balaban J connectivity index is 1.30. The van der Waals surface area contributed by atoms with Gasteiger partial charge in [-0.3, -0.25) is 4.98 Å². The maximum absolute atomic E-state index is 10.5. The fourth-order valence-corrected chi connectivity index (χ4v) is 8.23. The molecule has 166 valence electrons. The largest absolute Gasteiger partial charge is 0.390 e. The number of aromatic nitrogens is 1. The van der Waals surface area contributed by atoms with Gasteiger partial charge in [-0.25, -0.2) is 0 Å². The van der Waals surface area contributed by atoms with Crippen molar-refractivity contribution in [2.24, 2.45) is 11.3 Å². The number of fused-ring (bicyclic) bond motifs is 2. The van der Waals surface area contributed by atoms with Crippen molar-refractivity contribution in [1.82, 2.24) is 4.98 Å². The van der Waals surface area contributed by atoms with Crippen LogP contribution in [0.15, 0.2) is 60.0 Å². The van der Waals surface area contributed by atoms with Gasteiger partial charge in [0.25, 0.3) is 0 Å². The first-order valence-corrected chi connectivity index (χ1v) is 12.3. The summed E-state index contributed by atoms with van der Waals surface area (Å²) in [5, 5.41) is 23.2. The second-order valence-corrected chi connectivity index (χ2v) is 11.2. The van der Waals surface area contributed by atoms with Crippen LogP contribution >= 0.6 is 0 Å². The summed E-state index contributed by atoms with van der Waals surface area (Å²) < 4.78 is 7.12. The maximum atomic E-state index is 10.5. The fourth-order valence-electron chi connectivity index (χ4n) is 8.23. The van der Waals surface area contributed by atoms with Gasteiger partial charge in [0.05, 0.1) is 23.4 Å². The number of hydrogen-bond acceptors (Lipinski definition) is 4. The lowest BCUT2D eigenvalue weighted by Crippen LogP contribution is -2.55.